The van der Waals surface area contributed by atoms with Gasteiger partial charge in [-0.05, 0) is 161 Å². The van der Waals surface area contributed by atoms with Gasteiger partial charge in [0, 0.05) is 19.3 Å². The minimum Gasteiger partial charge on any atom is -0.462 e. The van der Waals surface area contributed by atoms with Crippen LogP contribution < -0.4 is 0 Å². The number of ether oxygens (including phenoxy) is 3. The highest BCUT2D eigenvalue weighted by Crippen LogP contribution is 2.14. The van der Waals surface area contributed by atoms with E-state index in [1.54, 1.807) is 0 Å². The van der Waals surface area contributed by atoms with Gasteiger partial charge in [-0.3, -0.25) is 14.4 Å². The molecule has 0 N–H and O–H groups in total. The first-order chi connectivity index (χ1) is 41.0. The molecule has 0 radical (unpaired) electrons. The van der Waals surface area contributed by atoms with Gasteiger partial charge in [0.1, 0.15) is 13.2 Å². The first-order valence-corrected chi connectivity index (χ1v) is 32.9. The van der Waals surface area contributed by atoms with E-state index in [1.165, 1.54) is 19.3 Å². The number of rotatable bonds is 57. The van der Waals surface area contributed by atoms with Crippen LogP contribution in [0, 0.1) is 0 Å². The lowest BCUT2D eigenvalue weighted by Gasteiger charge is -2.18. The molecule has 1 unspecified atom stereocenters. The van der Waals surface area contributed by atoms with E-state index in [0.717, 1.165) is 193 Å². The molecule has 0 aliphatic rings. The van der Waals surface area contributed by atoms with Crippen molar-refractivity contribution in [2.24, 2.45) is 0 Å². The van der Waals surface area contributed by atoms with Gasteiger partial charge in [-0.25, -0.2) is 0 Å². The predicted octanol–water partition coefficient (Wildman–Crippen LogP) is 23.0. The number of allylic oxidation sites excluding steroid dienone is 32. The van der Waals surface area contributed by atoms with Crippen molar-refractivity contribution in [3.8, 4) is 0 Å². The zero-order chi connectivity index (χ0) is 59.9. The van der Waals surface area contributed by atoms with Crippen molar-refractivity contribution in [2.75, 3.05) is 13.2 Å². The lowest BCUT2D eigenvalue weighted by Crippen LogP contribution is -2.30. The quantitative estimate of drug-likeness (QED) is 0.0261. The van der Waals surface area contributed by atoms with E-state index in [4.69, 9.17) is 14.2 Å². The van der Waals surface area contributed by atoms with Crippen LogP contribution in [0.1, 0.15) is 252 Å². The van der Waals surface area contributed by atoms with Gasteiger partial charge >= 0.3 is 17.9 Å². The summed E-state index contributed by atoms with van der Waals surface area (Å²) in [5.74, 6) is -0.988. The number of unbranched alkanes of at least 4 members (excludes halogenated alkanes) is 14. The van der Waals surface area contributed by atoms with Crippen molar-refractivity contribution < 1.29 is 28.6 Å². The van der Waals surface area contributed by atoms with Gasteiger partial charge in [-0.1, -0.05) is 267 Å². The number of carbonyl (C=O) groups excluding carboxylic acids is 3. The van der Waals surface area contributed by atoms with Crippen LogP contribution in [0.25, 0.3) is 0 Å². The monoisotopic (exact) mass is 1140 g/mol. The summed E-state index contributed by atoms with van der Waals surface area (Å²) in [5, 5.41) is 0. The molecule has 0 aromatic carbocycles. The first-order valence-electron chi connectivity index (χ1n) is 32.9. The molecule has 0 bridgehead atoms. The molecule has 1 atom stereocenters. The molecule has 462 valence electrons. The lowest BCUT2D eigenvalue weighted by molar-refractivity contribution is -0.167. The zero-order valence-electron chi connectivity index (χ0n) is 52.9. The molecule has 0 amide bonds. The number of hydrogen-bond acceptors (Lipinski definition) is 6. The standard InChI is InChI=1S/C77H118O6/c1-4-7-10-13-16-19-22-25-27-29-31-33-35-36-37-38-39-40-42-43-45-47-49-52-55-58-61-64-67-70-76(79)82-73-74(72-81-75(78)69-66-63-60-57-54-51-24-21-18-15-12-9-6-3)83-77(80)71-68-65-62-59-56-53-50-48-46-44-41-34-32-30-28-26-23-20-17-14-11-8-5-2/h7-12,16-21,25-28,31-34,36-37,39-40,43-46,49,51-52,54,74H,4-6,13-15,22-24,29-30,35,38,41-42,47-48,50,53,55-73H2,1-3H3/b10-7-,11-8-,12-9-,19-16-,20-17-,21-18-,27-25-,28-26-,33-31-,34-32-,37-36-,40-39-,45-43-,46-44-,52-49-,54-51-. The molecular formula is C77H118O6. The highest BCUT2D eigenvalue weighted by molar-refractivity contribution is 5.71. The first kappa shape index (κ1) is 77.2. The molecular weight excluding hydrogens is 1020 g/mol. The molecule has 83 heavy (non-hydrogen) atoms. The Bertz CT molecular complexity index is 1990. The maximum absolute atomic E-state index is 12.9. The van der Waals surface area contributed by atoms with Crippen molar-refractivity contribution in [3.05, 3.63) is 194 Å². The van der Waals surface area contributed by atoms with Crippen LogP contribution in [0.3, 0.4) is 0 Å². The molecule has 0 aromatic rings. The smallest absolute Gasteiger partial charge is 0.306 e. The highest BCUT2D eigenvalue weighted by atomic mass is 16.6. The fourth-order valence-electron chi connectivity index (χ4n) is 8.26. The number of esters is 3. The Kier molecular flexibility index (Phi) is 64.0. The third-order valence-corrected chi connectivity index (χ3v) is 13.1. The van der Waals surface area contributed by atoms with Crippen LogP contribution in [0.5, 0.6) is 0 Å². The van der Waals surface area contributed by atoms with Crippen molar-refractivity contribution in [2.45, 2.75) is 258 Å². The maximum Gasteiger partial charge on any atom is 0.306 e. The van der Waals surface area contributed by atoms with Crippen molar-refractivity contribution >= 4 is 17.9 Å². The van der Waals surface area contributed by atoms with Crippen LogP contribution in [0.15, 0.2) is 194 Å². The summed E-state index contributed by atoms with van der Waals surface area (Å²) in [6.07, 6.45) is 104. The second-order valence-electron chi connectivity index (χ2n) is 20.9. The van der Waals surface area contributed by atoms with Crippen molar-refractivity contribution in [1.29, 1.82) is 0 Å². The molecule has 0 saturated carbocycles. The van der Waals surface area contributed by atoms with Gasteiger partial charge in [0.2, 0.25) is 0 Å². The van der Waals surface area contributed by atoms with E-state index in [1.807, 2.05) is 0 Å². The summed E-state index contributed by atoms with van der Waals surface area (Å²) < 4.78 is 16.9. The summed E-state index contributed by atoms with van der Waals surface area (Å²) in [7, 11) is 0. The van der Waals surface area contributed by atoms with Crippen LogP contribution in [-0.4, -0.2) is 37.2 Å². The molecule has 0 rings (SSSR count). The Morgan fingerprint density at radius 1 is 0.241 bits per heavy atom. The van der Waals surface area contributed by atoms with E-state index in [2.05, 4.69) is 215 Å². The van der Waals surface area contributed by atoms with E-state index in [0.29, 0.717) is 19.3 Å². The molecule has 6 heteroatoms. The van der Waals surface area contributed by atoms with Gasteiger partial charge < -0.3 is 14.2 Å². The van der Waals surface area contributed by atoms with Crippen molar-refractivity contribution in [1.82, 2.24) is 0 Å². The minimum atomic E-state index is -0.821. The van der Waals surface area contributed by atoms with Crippen LogP contribution in [-0.2, 0) is 28.6 Å². The fourth-order valence-corrected chi connectivity index (χ4v) is 8.26. The van der Waals surface area contributed by atoms with Gasteiger partial charge in [0.05, 0.1) is 0 Å². The summed E-state index contributed by atoms with van der Waals surface area (Å²) in [6, 6.07) is 0. The highest BCUT2D eigenvalue weighted by Gasteiger charge is 2.19. The zero-order valence-corrected chi connectivity index (χ0v) is 52.9. The molecule has 0 aliphatic carbocycles. The second-order valence-corrected chi connectivity index (χ2v) is 20.9. The molecule has 0 fully saturated rings. The Labute approximate surface area is 509 Å². The topological polar surface area (TPSA) is 78.9 Å². The average Bonchev–Trinajstić information content (AvgIpc) is 3.49. The van der Waals surface area contributed by atoms with E-state index < -0.39 is 6.10 Å². The van der Waals surface area contributed by atoms with Gasteiger partial charge in [-0.15, -0.1) is 0 Å². The van der Waals surface area contributed by atoms with Gasteiger partial charge in [0.15, 0.2) is 6.10 Å². The Morgan fingerprint density at radius 3 is 0.687 bits per heavy atom. The van der Waals surface area contributed by atoms with Gasteiger partial charge in [-0.2, -0.15) is 0 Å². The lowest BCUT2D eigenvalue weighted by atomic mass is 10.1. The average molecular weight is 1140 g/mol. The maximum atomic E-state index is 12.9. The van der Waals surface area contributed by atoms with Crippen LogP contribution in [0.2, 0.25) is 0 Å². The Morgan fingerprint density at radius 2 is 0.434 bits per heavy atom. The summed E-state index contributed by atoms with van der Waals surface area (Å²) in [6.45, 7) is 6.23. The fraction of sp³-hybridized carbons (Fsp3) is 0.545. The molecule has 0 saturated heterocycles. The summed E-state index contributed by atoms with van der Waals surface area (Å²) >= 11 is 0. The van der Waals surface area contributed by atoms with Gasteiger partial charge in [0.25, 0.3) is 0 Å². The number of carbonyl (C=O) groups is 3. The Hall–Kier alpha value is -5.75. The SMILES string of the molecule is CC/C=C\C/C=C\C/C=C\C/C=C\C/C=C\C/C=C\C/C=C\C/C=C\CCCCCCC(=O)OCC(COC(=O)CCCCC/C=C\C/C=C\C/C=C\CC)OC(=O)CCCCCCCCC/C=C\C/C=C\C/C=C\C/C=C\C/C=C\CC. The number of hydrogen-bond donors (Lipinski definition) is 0. The van der Waals surface area contributed by atoms with E-state index >= 15 is 0 Å². The molecule has 0 aliphatic heterocycles. The van der Waals surface area contributed by atoms with E-state index in [9.17, 15) is 14.4 Å². The summed E-state index contributed by atoms with van der Waals surface area (Å²) in [5.41, 5.74) is 0. The molecule has 0 heterocycles. The second kappa shape index (κ2) is 68.7. The molecule has 6 nitrogen and oxygen atoms in total. The van der Waals surface area contributed by atoms with Crippen molar-refractivity contribution in [3.63, 3.8) is 0 Å². The molecule has 0 aromatic heterocycles. The summed E-state index contributed by atoms with van der Waals surface area (Å²) in [4.78, 5) is 38.3. The third kappa shape index (κ3) is 66.9. The van der Waals surface area contributed by atoms with Crippen LogP contribution in [0.4, 0.5) is 0 Å². The normalized spacial score (nSPS) is 13.4. The largest absolute Gasteiger partial charge is 0.462 e. The Balaban J connectivity index is 4.46. The minimum absolute atomic E-state index is 0.116. The van der Waals surface area contributed by atoms with Crippen LogP contribution >= 0.6 is 0 Å². The third-order valence-electron chi connectivity index (χ3n) is 13.1. The van der Waals surface area contributed by atoms with E-state index in [-0.39, 0.29) is 31.1 Å². The predicted molar refractivity (Wildman–Crippen MR) is 361 cm³/mol. The molecule has 0 spiro atoms.